The Bertz CT molecular complexity index is 379. The molecule has 0 radical (unpaired) electrons. The molecule has 0 aliphatic rings. The van der Waals surface area contributed by atoms with E-state index in [1.807, 2.05) is 0 Å². The minimum Gasteiger partial charge on any atom is -0.391 e. The van der Waals surface area contributed by atoms with Crippen LogP contribution < -0.4 is 5.73 Å². The Kier molecular flexibility index (Phi) is 3.98. The van der Waals surface area contributed by atoms with Crippen molar-refractivity contribution in [2.24, 2.45) is 5.73 Å². The zero-order valence-corrected chi connectivity index (χ0v) is 10.0. The lowest BCUT2D eigenvalue weighted by Gasteiger charge is -2.17. The minimum atomic E-state index is -4.42. The monoisotopic (exact) mass is 297 g/mol. The van der Waals surface area contributed by atoms with E-state index in [2.05, 4.69) is 15.9 Å². The summed E-state index contributed by atoms with van der Waals surface area (Å²) in [6, 6.07) is 2.55. The Morgan fingerprint density at radius 3 is 2.31 bits per heavy atom. The smallest absolute Gasteiger partial charge is 0.391 e. The van der Waals surface area contributed by atoms with Gasteiger partial charge in [-0.15, -0.1) is 0 Å². The predicted octanol–water partition coefficient (Wildman–Crippen LogP) is 2.85. The molecule has 0 bridgehead atoms. The second-order valence-corrected chi connectivity index (χ2v) is 4.45. The van der Waals surface area contributed by atoms with E-state index in [0.29, 0.717) is 0 Å². The number of aliphatic hydroxyl groups is 1. The van der Waals surface area contributed by atoms with Crippen molar-refractivity contribution in [3.63, 3.8) is 0 Å². The molecule has 6 heteroatoms. The van der Waals surface area contributed by atoms with Gasteiger partial charge in [0.1, 0.15) is 0 Å². The molecule has 0 fully saturated rings. The molecule has 0 aromatic heterocycles. The van der Waals surface area contributed by atoms with Gasteiger partial charge >= 0.3 is 6.18 Å². The minimum absolute atomic E-state index is 0.247. The van der Waals surface area contributed by atoms with Crippen molar-refractivity contribution in [3.8, 4) is 0 Å². The zero-order valence-electron chi connectivity index (χ0n) is 8.42. The van der Waals surface area contributed by atoms with Gasteiger partial charge in [-0.25, -0.2) is 0 Å². The molecule has 0 saturated heterocycles. The fourth-order valence-corrected chi connectivity index (χ4v) is 1.76. The van der Waals surface area contributed by atoms with E-state index < -0.39 is 23.9 Å². The molecule has 0 amide bonds. The molecule has 0 heterocycles. The van der Waals surface area contributed by atoms with Crippen LogP contribution in [0.4, 0.5) is 13.2 Å². The van der Waals surface area contributed by atoms with Crippen molar-refractivity contribution >= 4 is 15.9 Å². The Balaban J connectivity index is 3.18. The molecule has 0 unspecified atom stereocenters. The fourth-order valence-electron chi connectivity index (χ4n) is 1.25. The summed E-state index contributed by atoms with van der Waals surface area (Å²) in [5.74, 6) is 0. The average Bonchev–Trinajstić information content (AvgIpc) is 2.14. The summed E-state index contributed by atoms with van der Waals surface area (Å²) in [5.41, 5.74) is 5.04. The number of rotatable bonds is 2. The third kappa shape index (κ3) is 3.20. The van der Waals surface area contributed by atoms with E-state index in [-0.39, 0.29) is 10.0 Å². The lowest BCUT2D eigenvalue weighted by atomic mass is 10.0. The van der Waals surface area contributed by atoms with E-state index in [0.717, 1.165) is 12.1 Å². The molecular weight excluding hydrogens is 287 g/mol. The maximum atomic E-state index is 12.5. The lowest BCUT2D eigenvalue weighted by Crippen LogP contribution is -2.23. The molecule has 0 saturated carbocycles. The van der Waals surface area contributed by atoms with Gasteiger partial charge in [0.25, 0.3) is 0 Å². The third-order valence-electron chi connectivity index (χ3n) is 2.15. The van der Waals surface area contributed by atoms with Crippen molar-refractivity contribution < 1.29 is 18.3 Å². The summed E-state index contributed by atoms with van der Waals surface area (Å²) in [4.78, 5) is 0. The van der Waals surface area contributed by atoms with Crippen molar-refractivity contribution in [1.82, 2.24) is 0 Å². The summed E-state index contributed by atoms with van der Waals surface area (Å²) in [6.07, 6.45) is -5.33. The maximum absolute atomic E-state index is 12.5. The fraction of sp³-hybridized carbons (Fsp3) is 0.400. The van der Waals surface area contributed by atoms with Gasteiger partial charge in [-0.3, -0.25) is 0 Å². The van der Waals surface area contributed by atoms with Crippen LogP contribution in [0.2, 0.25) is 0 Å². The van der Waals surface area contributed by atoms with E-state index in [1.165, 1.54) is 13.0 Å². The number of hydrogen-bond acceptors (Lipinski definition) is 2. The van der Waals surface area contributed by atoms with Gasteiger partial charge in [-0.2, -0.15) is 13.2 Å². The number of nitrogens with two attached hydrogens (primary N) is 1. The molecule has 0 aliphatic carbocycles. The first-order chi connectivity index (χ1) is 7.21. The molecule has 0 aliphatic heterocycles. The first kappa shape index (κ1) is 13.5. The van der Waals surface area contributed by atoms with Gasteiger partial charge < -0.3 is 10.8 Å². The zero-order chi connectivity index (χ0) is 12.5. The molecule has 2 atom stereocenters. The van der Waals surface area contributed by atoms with Gasteiger partial charge in [0.15, 0.2) is 0 Å². The van der Waals surface area contributed by atoms with E-state index >= 15 is 0 Å². The summed E-state index contributed by atoms with van der Waals surface area (Å²) in [5, 5.41) is 9.24. The standard InChI is InChI=1S/C10H11BrF3NO/c1-5(16)9(15)6-2-7(10(12,13)14)4-8(11)3-6/h2-5,9,16H,15H2,1H3/t5-,9-/m0/s1. The van der Waals surface area contributed by atoms with Gasteiger partial charge in [0, 0.05) is 4.47 Å². The second kappa shape index (κ2) is 4.73. The molecule has 0 spiro atoms. The Morgan fingerprint density at radius 2 is 1.88 bits per heavy atom. The molecule has 1 aromatic rings. The molecule has 16 heavy (non-hydrogen) atoms. The van der Waals surface area contributed by atoms with Gasteiger partial charge in [-0.05, 0) is 30.7 Å². The van der Waals surface area contributed by atoms with E-state index in [1.54, 1.807) is 0 Å². The van der Waals surface area contributed by atoms with Crippen molar-refractivity contribution in [1.29, 1.82) is 0 Å². The first-order valence-electron chi connectivity index (χ1n) is 4.53. The van der Waals surface area contributed by atoms with Crippen LogP contribution in [0.1, 0.15) is 24.1 Å². The number of aliphatic hydroxyl groups excluding tert-OH is 1. The van der Waals surface area contributed by atoms with Crippen LogP contribution in [-0.4, -0.2) is 11.2 Å². The highest BCUT2D eigenvalue weighted by molar-refractivity contribution is 9.10. The first-order valence-corrected chi connectivity index (χ1v) is 5.32. The SMILES string of the molecule is C[C@H](O)[C@H](N)c1cc(Br)cc(C(F)(F)F)c1. The normalized spacial score (nSPS) is 15.9. The van der Waals surface area contributed by atoms with Crippen LogP contribution in [0.25, 0.3) is 0 Å². The summed E-state index contributed by atoms with van der Waals surface area (Å²) in [6.45, 7) is 1.43. The highest BCUT2D eigenvalue weighted by atomic mass is 79.9. The summed E-state index contributed by atoms with van der Waals surface area (Å²) in [7, 11) is 0. The molecule has 2 nitrogen and oxygen atoms in total. The van der Waals surface area contributed by atoms with Crippen molar-refractivity contribution in [3.05, 3.63) is 33.8 Å². The lowest BCUT2D eigenvalue weighted by molar-refractivity contribution is -0.137. The van der Waals surface area contributed by atoms with Crippen LogP contribution in [0.3, 0.4) is 0 Å². The van der Waals surface area contributed by atoms with Crippen molar-refractivity contribution in [2.45, 2.75) is 25.2 Å². The van der Waals surface area contributed by atoms with E-state index in [4.69, 9.17) is 5.73 Å². The third-order valence-corrected chi connectivity index (χ3v) is 2.61. The topological polar surface area (TPSA) is 46.2 Å². The van der Waals surface area contributed by atoms with Gasteiger partial charge in [0.2, 0.25) is 0 Å². The maximum Gasteiger partial charge on any atom is 0.416 e. The largest absolute Gasteiger partial charge is 0.416 e. The Morgan fingerprint density at radius 1 is 1.31 bits per heavy atom. The van der Waals surface area contributed by atoms with Crippen molar-refractivity contribution in [2.75, 3.05) is 0 Å². The predicted molar refractivity (Wildman–Crippen MR) is 57.8 cm³/mol. The van der Waals surface area contributed by atoms with Crippen LogP contribution in [-0.2, 0) is 6.18 Å². The Labute approximate surface area is 99.4 Å². The number of benzene rings is 1. The summed E-state index contributed by atoms with van der Waals surface area (Å²) < 4.78 is 37.8. The van der Waals surface area contributed by atoms with E-state index in [9.17, 15) is 18.3 Å². The molecule has 3 N–H and O–H groups in total. The summed E-state index contributed by atoms with van der Waals surface area (Å²) >= 11 is 2.99. The number of alkyl halides is 3. The highest BCUT2D eigenvalue weighted by Crippen LogP contribution is 2.33. The van der Waals surface area contributed by atoms with Crippen LogP contribution in [0.15, 0.2) is 22.7 Å². The molecule has 90 valence electrons. The molecule has 1 aromatic carbocycles. The second-order valence-electron chi connectivity index (χ2n) is 3.54. The van der Waals surface area contributed by atoms with Crippen LogP contribution >= 0.6 is 15.9 Å². The molecule has 1 rings (SSSR count). The van der Waals surface area contributed by atoms with Crippen LogP contribution in [0.5, 0.6) is 0 Å². The number of halogens is 4. The average molecular weight is 298 g/mol. The molecular formula is C10H11BrF3NO. The highest BCUT2D eigenvalue weighted by Gasteiger charge is 2.31. The van der Waals surface area contributed by atoms with Gasteiger partial charge in [-0.1, -0.05) is 15.9 Å². The van der Waals surface area contributed by atoms with Crippen LogP contribution in [0, 0.1) is 0 Å². The quantitative estimate of drug-likeness (QED) is 0.882. The van der Waals surface area contributed by atoms with Gasteiger partial charge in [0.05, 0.1) is 17.7 Å². The number of hydrogen-bond donors (Lipinski definition) is 2. The Hall–Kier alpha value is -0.590.